The van der Waals surface area contributed by atoms with Gasteiger partial charge in [-0.2, -0.15) is 0 Å². The number of ether oxygens (including phenoxy) is 1. The number of amides is 1. The Balaban J connectivity index is 2.05. The van der Waals surface area contributed by atoms with Gasteiger partial charge in [0.05, 0.1) is 16.7 Å². The van der Waals surface area contributed by atoms with Crippen LogP contribution in [0.1, 0.15) is 10.4 Å². The van der Waals surface area contributed by atoms with Crippen molar-refractivity contribution in [1.29, 1.82) is 0 Å². The van der Waals surface area contributed by atoms with E-state index in [0.717, 1.165) is 11.0 Å². The first-order valence-corrected chi connectivity index (χ1v) is 11.6. The molecule has 9 heteroatoms. The molecule has 7 nitrogen and oxygen atoms in total. The molecule has 0 saturated heterocycles. The zero-order valence-corrected chi connectivity index (χ0v) is 18.4. The molecular weight excluding hydrogens is 410 g/mol. The summed E-state index contributed by atoms with van der Waals surface area (Å²) in [4.78, 5) is 21.5. The second-order valence-electron chi connectivity index (χ2n) is 6.86. The molecule has 0 aliphatic rings. The van der Waals surface area contributed by atoms with Crippen molar-refractivity contribution in [3.63, 3.8) is 0 Å². The molecule has 0 saturated carbocycles. The van der Waals surface area contributed by atoms with Gasteiger partial charge in [-0.3, -0.25) is 9.69 Å². The largest absolute Gasteiger partial charge is 0.497 e. The average Bonchev–Trinajstić information content (AvgIpc) is 3.10. The summed E-state index contributed by atoms with van der Waals surface area (Å²) in [5.74, 6) is 0.466. The fourth-order valence-corrected chi connectivity index (χ4v) is 4.71. The van der Waals surface area contributed by atoms with Crippen molar-refractivity contribution in [1.82, 2.24) is 9.88 Å². The van der Waals surface area contributed by atoms with Gasteiger partial charge < -0.3 is 9.64 Å². The molecule has 0 fully saturated rings. The maximum atomic E-state index is 13.2. The highest BCUT2D eigenvalue weighted by atomic mass is 32.2. The molecular formula is C20H23N3O4S2. The number of fused-ring (bicyclic) bond motifs is 1. The fraction of sp³-hybridized carbons (Fsp3) is 0.300. The number of sulfone groups is 1. The van der Waals surface area contributed by atoms with E-state index in [4.69, 9.17) is 4.74 Å². The first-order valence-electron chi connectivity index (χ1n) is 8.91. The van der Waals surface area contributed by atoms with Gasteiger partial charge in [0.15, 0.2) is 15.0 Å². The number of anilines is 1. The van der Waals surface area contributed by atoms with Crippen LogP contribution in [0.3, 0.4) is 0 Å². The van der Waals surface area contributed by atoms with Gasteiger partial charge in [0.2, 0.25) is 0 Å². The summed E-state index contributed by atoms with van der Waals surface area (Å²) in [5.41, 5.74) is 0.902. The molecule has 29 heavy (non-hydrogen) atoms. The third-order valence-electron chi connectivity index (χ3n) is 4.35. The lowest BCUT2D eigenvalue weighted by Crippen LogP contribution is -2.36. The van der Waals surface area contributed by atoms with Crippen LogP contribution in [0.25, 0.3) is 10.2 Å². The minimum atomic E-state index is -3.43. The predicted molar refractivity (Wildman–Crippen MR) is 116 cm³/mol. The Hall–Kier alpha value is -2.49. The van der Waals surface area contributed by atoms with Gasteiger partial charge >= 0.3 is 0 Å². The summed E-state index contributed by atoms with van der Waals surface area (Å²) in [5, 5.41) is 0.471. The minimum absolute atomic E-state index is 0.168. The van der Waals surface area contributed by atoms with Crippen molar-refractivity contribution in [3.8, 4) is 5.75 Å². The number of carbonyl (C=O) groups is 1. The van der Waals surface area contributed by atoms with Crippen molar-refractivity contribution >= 4 is 42.4 Å². The van der Waals surface area contributed by atoms with E-state index in [-0.39, 0.29) is 10.8 Å². The van der Waals surface area contributed by atoms with E-state index in [2.05, 4.69) is 4.98 Å². The van der Waals surface area contributed by atoms with Crippen LogP contribution in [-0.2, 0) is 9.84 Å². The molecule has 1 amide bonds. The van der Waals surface area contributed by atoms with E-state index in [1.807, 2.05) is 25.1 Å². The van der Waals surface area contributed by atoms with Crippen molar-refractivity contribution in [2.45, 2.75) is 4.90 Å². The van der Waals surface area contributed by atoms with Crippen LogP contribution in [-0.4, -0.2) is 64.8 Å². The number of aromatic nitrogens is 1. The van der Waals surface area contributed by atoms with Crippen LogP contribution >= 0.6 is 11.3 Å². The smallest absolute Gasteiger partial charge is 0.260 e. The Morgan fingerprint density at radius 2 is 1.79 bits per heavy atom. The number of nitrogens with zero attached hydrogens (tertiary/aromatic N) is 3. The van der Waals surface area contributed by atoms with Crippen LogP contribution < -0.4 is 9.64 Å². The Morgan fingerprint density at radius 1 is 1.10 bits per heavy atom. The van der Waals surface area contributed by atoms with Crippen molar-refractivity contribution in [2.75, 3.05) is 45.5 Å². The molecule has 0 aliphatic heterocycles. The Bertz CT molecular complexity index is 1120. The van der Waals surface area contributed by atoms with Gasteiger partial charge in [-0.05, 0) is 50.5 Å². The Kier molecular flexibility index (Phi) is 6.21. The molecule has 0 atom stereocenters. The number of hydrogen-bond acceptors (Lipinski definition) is 7. The van der Waals surface area contributed by atoms with Gasteiger partial charge in [0.25, 0.3) is 5.91 Å². The summed E-state index contributed by atoms with van der Waals surface area (Å²) in [6.07, 6.45) is 1.16. The number of hydrogen-bond donors (Lipinski definition) is 0. The normalized spacial score (nSPS) is 11.8. The van der Waals surface area contributed by atoms with Crippen LogP contribution in [0.2, 0.25) is 0 Å². The molecule has 1 heterocycles. The Morgan fingerprint density at radius 3 is 2.38 bits per heavy atom. The molecule has 0 spiro atoms. The van der Waals surface area contributed by atoms with Crippen LogP contribution in [0.4, 0.5) is 5.13 Å². The minimum Gasteiger partial charge on any atom is -0.497 e. The number of benzene rings is 2. The highest BCUT2D eigenvalue weighted by Gasteiger charge is 2.23. The molecule has 0 radical (unpaired) electrons. The first kappa shape index (κ1) is 21.2. The highest BCUT2D eigenvalue weighted by molar-refractivity contribution is 7.91. The van der Waals surface area contributed by atoms with Gasteiger partial charge in [0, 0.05) is 24.9 Å². The lowest BCUT2D eigenvalue weighted by Gasteiger charge is -2.22. The van der Waals surface area contributed by atoms with Crippen LogP contribution in [0.15, 0.2) is 47.4 Å². The predicted octanol–water partition coefficient (Wildman–Crippen LogP) is 2.92. The quantitative estimate of drug-likeness (QED) is 0.570. The summed E-state index contributed by atoms with van der Waals surface area (Å²) in [7, 11) is 1.99. The van der Waals surface area contributed by atoms with E-state index in [1.54, 1.807) is 42.3 Å². The summed E-state index contributed by atoms with van der Waals surface area (Å²) in [6.45, 7) is 1.06. The second kappa shape index (κ2) is 8.48. The number of likely N-dealkylation sites (N-methyl/N-ethyl adjacent to an activating group) is 1. The average molecular weight is 434 g/mol. The van der Waals surface area contributed by atoms with Gasteiger partial charge in [-0.15, -0.1) is 0 Å². The van der Waals surface area contributed by atoms with Crippen molar-refractivity contribution in [3.05, 3.63) is 48.0 Å². The molecule has 0 bridgehead atoms. The number of methoxy groups -OCH3 is 1. The van der Waals surface area contributed by atoms with Gasteiger partial charge in [0.1, 0.15) is 11.3 Å². The van der Waals surface area contributed by atoms with E-state index in [9.17, 15) is 13.2 Å². The molecule has 0 aliphatic carbocycles. The van der Waals surface area contributed by atoms with E-state index in [1.165, 1.54) is 17.4 Å². The van der Waals surface area contributed by atoms with Gasteiger partial charge in [-0.1, -0.05) is 17.4 Å². The third kappa shape index (κ3) is 4.75. The molecule has 154 valence electrons. The number of thiazole rings is 1. The molecule has 3 aromatic rings. The number of carbonyl (C=O) groups excluding carboxylic acids is 1. The third-order valence-corrected chi connectivity index (χ3v) is 6.53. The lowest BCUT2D eigenvalue weighted by molar-refractivity contribution is 0.0985. The summed E-state index contributed by atoms with van der Waals surface area (Å²) in [6, 6.07) is 11.9. The maximum absolute atomic E-state index is 13.2. The first-order chi connectivity index (χ1) is 13.7. The standard InChI is InChI=1S/C20H23N3O4S2/c1-22(2)12-13-23(19(24)14-8-10-15(27-3)11-9-14)20-21-18-16(28-20)6-5-7-17(18)29(4,25)26/h5-11H,12-13H2,1-4H3. The lowest BCUT2D eigenvalue weighted by atomic mass is 10.2. The number of para-hydroxylation sites is 1. The van der Waals surface area contributed by atoms with E-state index < -0.39 is 9.84 Å². The molecule has 1 aromatic heterocycles. The SMILES string of the molecule is COc1ccc(C(=O)N(CCN(C)C)c2nc3c(S(C)(=O)=O)cccc3s2)cc1. The fourth-order valence-electron chi connectivity index (χ4n) is 2.80. The monoisotopic (exact) mass is 433 g/mol. The maximum Gasteiger partial charge on any atom is 0.260 e. The molecule has 2 aromatic carbocycles. The van der Waals surface area contributed by atoms with Crippen molar-refractivity contribution in [2.24, 2.45) is 0 Å². The van der Waals surface area contributed by atoms with Crippen LogP contribution in [0, 0.1) is 0 Å². The zero-order valence-electron chi connectivity index (χ0n) is 16.7. The molecule has 3 rings (SSSR count). The second-order valence-corrected chi connectivity index (χ2v) is 9.85. The number of rotatable bonds is 7. The molecule has 0 N–H and O–H groups in total. The Labute approximate surface area is 174 Å². The van der Waals surface area contributed by atoms with Gasteiger partial charge in [-0.25, -0.2) is 13.4 Å². The van der Waals surface area contributed by atoms with E-state index in [0.29, 0.717) is 35.1 Å². The highest BCUT2D eigenvalue weighted by Crippen LogP contribution is 2.33. The summed E-state index contributed by atoms with van der Waals surface area (Å²) < 4.78 is 30.1. The van der Waals surface area contributed by atoms with E-state index >= 15 is 0 Å². The summed E-state index contributed by atoms with van der Waals surface area (Å²) >= 11 is 1.30. The zero-order chi connectivity index (χ0) is 21.2. The molecule has 0 unspecified atom stereocenters. The topological polar surface area (TPSA) is 79.8 Å². The van der Waals surface area contributed by atoms with Crippen molar-refractivity contribution < 1.29 is 17.9 Å². The van der Waals surface area contributed by atoms with Crippen LogP contribution in [0.5, 0.6) is 5.75 Å².